The Morgan fingerprint density at radius 3 is 2.77 bits per heavy atom. The molecule has 76 valence electrons. The van der Waals surface area contributed by atoms with Gasteiger partial charge in [0.05, 0.1) is 6.61 Å². The van der Waals surface area contributed by atoms with Gasteiger partial charge in [0.15, 0.2) is 0 Å². The fourth-order valence-electron chi connectivity index (χ4n) is 1.21. The molecule has 2 heteroatoms. The first-order valence-corrected chi connectivity index (χ1v) is 4.86. The molecule has 0 aromatic heterocycles. The SMILES string of the molecule is C=C(C)CCCC(C)CCOC=O. The van der Waals surface area contributed by atoms with Gasteiger partial charge in [0.2, 0.25) is 0 Å². The number of allylic oxidation sites excluding steroid dienone is 1. The Kier molecular flexibility index (Phi) is 7.36. The van der Waals surface area contributed by atoms with Gasteiger partial charge in [-0.3, -0.25) is 4.79 Å². The Balaban J connectivity index is 3.24. The third-order valence-electron chi connectivity index (χ3n) is 2.10. The van der Waals surface area contributed by atoms with Crippen LogP contribution in [0.3, 0.4) is 0 Å². The molecule has 0 fully saturated rings. The van der Waals surface area contributed by atoms with Gasteiger partial charge in [-0.2, -0.15) is 0 Å². The number of rotatable bonds is 8. The van der Waals surface area contributed by atoms with Crippen molar-refractivity contribution in [2.75, 3.05) is 6.61 Å². The first-order chi connectivity index (χ1) is 6.16. The maximum atomic E-state index is 9.86. The van der Waals surface area contributed by atoms with Crippen molar-refractivity contribution < 1.29 is 9.53 Å². The van der Waals surface area contributed by atoms with E-state index in [9.17, 15) is 4.79 Å². The molecule has 0 N–H and O–H groups in total. The van der Waals surface area contributed by atoms with E-state index in [1.807, 2.05) is 0 Å². The Hall–Kier alpha value is -0.790. The highest BCUT2D eigenvalue weighted by Crippen LogP contribution is 2.13. The van der Waals surface area contributed by atoms with Crippen LogP contribution >= 0.6 is 0 Å². The van der Waals surface area contributed by atoms with Crippen molar-refractivity contribution in [2.24, 2.45) is 5.92 Å². The Bertz CT molecular complexity index is 152. The highest BCUT2D eigenvalue weighted by atomic mass is 16.5. The van der Waals surface area contributed by atoms with E-state index in [-0.39, 0.29) is 0 Å². The van der Waals surface area contributed by atoms with Gasteiger partial charge < -0.3 is 4.74 Å². The third-order valence-corrected chi connectivity index (χ3v) is 2.10. The second-order valence-electron chi connectivity index (χ2n) is 3.71. The van der Waals surface area contributed by atoms with Crippen molar-refractivity contribution in [1.29, 1.82) is 0 Å². The number of ether oxygens (including phenoxy) is 1. The lowest BCUT2D eigenvalue weighted by Crippen LogP contribution is -2.01. The molecule has 0 aliphatic carbocycles. The molecule has 0 aromatic rings. The number of hydrogen-bond donors (Lipinski definition) is 0. The van der Waals surface area contributed by atoms with E-state index >= 15 is 0 Å². The highest BCUT2D eigenvalue weighted by molar-refractivity contribution is 5.36. The Labute approximate surface area is 81.0 Å². The lowest BCUT2D eigenvalue weighted by Gasteiger charge is -2.09. The predicted octanol–water partition coefficient (Wildman–Crippen LogP) is 2.93. The normalized spacial score (nSPS) is 12.2. The van der Waals surface area contributed by atoms with Crippen LogP contribution in [0.5, 0.6) is 0 Å². The molecule has 0 rings (SSSR count). The summed E-state index contributed by atoms with van der Waals surface area (Å²) in [5.41, 5.74) is 1.25. The van der Waals surface area contributed by atoms with Crippen LogP contribution in [0.4, 0.5) is 0 Å². The van der Waals surface area contributed by atoms with Gasteiger partial charge >= 0.3 is 0 Å². The highest BCUT2D eigenvalue weighted by Gasteiger charge is 2.01. The van der Waals surface area contributed by atoms with Gasteiger partial charge in [-0.15, -0.1) is 6.58 Å². The molecule has 0 aliphatic rings. The molecule has 0 heterocycles. The molecule has 0 amide bonds. The fraction of sp³-hybridized carbons (Fsp3) is 0.727. The van der Waals surface area contributed by atoms with Crippen LogP contribution in [0.25, 0.3) is 0 Å². The van der Waals surface area contributed by atoms with Crippen molar-refractivity contribution >= 4 is 6.47 Å². The fourth-order valence-corrected chi connectivity index (χ4v) is 1.21. The first kappa shape index (κ1) is 12.2. The molecule has 1 atom stereocenters. The van der Waals surface area contributed by atoms with E-state index in [1.165, 1.54) is 18.4 Å². The van der Waals surface area contributed by atoms with Crippen molar-refractivity contribution in [2.45, 2.75) is 39.5 Å². The first-order valence-electron chi connectivity index (χ1n) is 4.86. The van der Waals surface area contributed by atoms with Gasteiger partial charge in [-0.05, 0) is 32.1 Å². The molecular weight excluding hydrogens is 164 g/mol. The van der Waals surface area contributed by atoms with Crippen molar-refractivity contribution in [3.63, 3.8) is 0 Å². The van der Waals surface area contributed by atoms with Gasteiger partial charge in [0.25, 0.3) is 6.47 Å². The van der Waals surface area contributed by atoms with E-state index in [2.05, 4.69) is 25.2 Å². The molecule has 0 aliphatic heterocycles. The second-order valence-corrected chi connectivity index (χ2v) is 3.71. The summed E-state index contributed by atoms with van der Waals surface area (Å²) in [6.07, 6.45) is 4.46. The standard InChI is InChI=1S/C11H20O2/c1-10(2)5-4-6-11(3)7-8-13-9-12/h9,11H,1,4-8H2,2-3H3. The third kappa shape index (κ3) is 9.12. The Morgan fingerprint density at radius 1 is 1.54 bits per heavy atom. The van der Waals surface area contributed by atoms with E-state index in [0.29, 0.717) is 19.0 Å². The van der Waals surface area contributed by atoms with E-state index < -0.39 is 0 Å². The van der Waals surface area contributed by atoms with Gasteiger partial charge in [-0.25, -0.2) is 0 Å². The summed E-state index contributed by atoms with van der Waals surface area (Å²) in [5.74, 6) is 0.638. The molecule has 0 radical (unpaired) electrons. The minimum atomic E-state index is 0.514. The molecule has 0 saturated heterocycles. The summed E-state index contributed by atoms with van der Waals surface area (Å²) in [6.45, 7) is 9.17. The summed E-state index contributed by atoms with van der Waals surface area (Å²) in [4.78, 5) is 9.86. The molecular formula is C11H20O2. The van der Waals surface area contributed by atoms with Crippen molar-refractivity contribution in [3.05, 3.63) is 12.2 Å². The lowest BCUT2D eigenvalue weighted by molar-refractivity contribution is -0.129. The zero-order valence-corrected chi connectivity index (χ0v) is 8.71. The van der Waals surface area contributed by atoms with Gasteiger partial charge in [0, 0.05) is 0 Å². The van der Waals surface area contributed by atoms with Crippen LogP contribution in [0.1, 0.15) is 39.5 Å². The summed E-state index contributed by atoms with van der Waals surface area (Å²) >= 11 is 0. The zero-order valence-electron chi connectivity index (χ0n) is 8.71. The van der Waals surface area contributed by atoms with Gasteiger partial charge in [-0.1, -0.05) is 18.9 Å². The second kappa shape index (κ2) is 7.84. The van der Waals surface area contributed by atoms with Crippen molar-refractivity contribution in [3.8, 4) is 0 Å². The lowest BCUT2D eigenvalue weighted by atomic mass is 9.99. The molecule has 2 nitrogen and oxygen atoms in total. The largest absolute Gasteiger partial charge is 0.468 e. The van der Waals surface area contributed by atoms with Crippen molar-refractivity contribution in [1.82, 2.24) is 0 Å². The van der Waals surface area contributed by atoms with Crippen LogP contribution in [0.2, 0.25) is 0 Å². The molecule has 0 bridgehead atoms. The van der Waals surface area contributed by atoms with E-state index in [1.54, 1.807) is 0 Å². The van der Waals surface area contributed by atoms with Crippen LogP contribution in [0.15, 0.2) is 12.2 Å². The van der Waals surface area contributed by atoms with Crippen LogP contribution in [-0.4, -0.2) is 13.1 Å². The van der Waals surface area contributed by atoms with E-state index in [0.717, 1.165) is 12.8 Å². The van der Waals surface area contributed by atoms with Crippen LogP contribution in [0, 0.1) is 5.92 Å². The molecule has 13 heavy (non-hydrogen) atoms. The zero-order chi connectivity index (χ0) is 10.1. The maximum Gasteiger partial charge on any atom is 0.293 e. The van der Waals surface area contributed by atoms with Crippen LogP contribution < -0.4 is 0 Å². The smallest absolute Gasteiger partial charge is 0.293 e. The average Bonchev–Trinajstić information content (AvgIpc) is 2.04. The molecule has 0 aromatic carbocycles. The topological polar surface area (TPSA) is 26.3 Å². The minimum absolute atomic E-state index is 0.514. The molecule has 0 saturated carbocycles. The van der Waals surface area contributed by atoms with Gasteiger partial charge in [0.1, 0.15) is 0 Å². The van der Waals surface area contributed by atoms with E-state index in [4.69, 9.17) is 0 Å². The summed E-state index contributed by atoms with van der Waals surface area (Å²) in [6, 6.07) is 0. The molecule has 1 unspecified atom stereocenters. The number of carbonyl (C=O) groups excluding carboxylic acids is 1. The number of carbonyl (C=O) groups is 1. The average molecular weight is 184 g/mol. The summed E-state index contributed by atoms with van der Waals surface area (Å²) in [5, 5.41) is 0. The summed E-state index contributed by atoms with van der Waals surface area (Å²) in [7, 11) is 0. The monoisotopic (exact) mass is 184 g/mol. The maximum absolute atomic E-state index is 9.86. The molecule has 0 spiro atoms. The minimum Gasteiger partial charge on any atom is -0.468 e. The van der Waals surface area contributed by atoms with Crippen LogP contribution in [-0.2, 0) is 9.53 Å². The quantitative estimate of drug-likeness (QED) is 0.329. The Morgan fingerprint density at radius 2 is 2.23 bits per heavy atom. The summed E-state index contributed by atoms with van der Waals surface area (Å²) < 4.78 is 4.63. The predicted molar refractivity (Wildman–Crippen MR) is 54.5 cm³/mol. The number of hydrogen-bond acceptors (Lipinski definition) is 2.